The van der Waals surface area contributed by atoms with E-state index in [1.807, 2.05) is 0 Å². The molecule has 0 unspecified atom stereocenters. The molecule has 0 nitrogen and oxygen atoms in total. The van der Waals surface area contributed by atoms with Gasteiger partial charge < -0.3 is 0 Å². The predicted octanol–water partition coefficient (Wildman–Crippen LogP) is 5.57. The van der Waals surface area contributed by atoms with Gasteiger partial charge in [0.15, 0.2) is 0 Å². The van der Waals surface area contributed by atoms with Crippen LogP contribution in [0.5, 0.6) is 0 Å². The molecule has 24 heavy (non-hydrogen) atoms. The first-order valence-electron chi connectivity index (χ1n) is 8.45. The summed E-state index contributed by atoms with van der Waals surface area (Å²) in [6.45, 7) is 13.4. The smallest absolute Gasteiger partial charge is 0.126 e. The maximum atomic E-state index is 4.46. The highest BCUT2D eigenvalue weighted by molar-refractivity contribution is 9.28. The van der Waals surface area contributed by atoms with Crippen LogP contribution in [0.3, 0.4) is 0 Å². The van der Waals surface area contributed by atoms with Crippen molar-refractivity contribution in [3.8, 4) is 0 Å². The van der Waals surface area contributed by atoms with Gasteiger partial charge in [0, 0.05) is 3.19 Å². The number of halogens is 2. The Kier molecular flexibility index (Phi) is 5.93. The molecule has 2 rings (SSSR count). The number of hydrogen-bond donors (Lipinski definition) is 0. The van der Waals surface area contributed by atoms with Crippen molar-refractivity contribution in [2.45, 2.75) is 42.5 Å². The monoisotopic (exact) mass is 498 g/mol. The first kappa shape index (κ1) is 20.4. The lowest BCUT2D eigenvalue weighted by molar-refractivity contribution is 1.37. The van der Waals surface area contributed by atoms with Crippen LogP contribution in [0.2, 0.25) is 39.3 Å². The van der Waals surface area contributed by atoms with Crippen LogP contribution >= 0.6 is 31.2 Å². The van der Waals surface area contributed by atoms with Crippen LogP contribution in [-0.4, -0.2) is 26.0 Å². The summed E-state index contributed by atoms with van der Waals surface area (Å²) < 4.78 is 0.183. The number of benzene rings is 2. The van der Waals surface area contributed by atoms with E-state index in [2.05, 4.69) is 131 Å². The largest absolute Gasteiger partial charge is 0.136 e. The van der Waals surface area contributed by atoms with Crippen molar-refractivity contribution in [1.29, 1.82) is 0 Å². The molecule has 0 fully saturated rings. The maximum absolute atomic E-state index is 4.46. The average molecular weight is 500 g/mol. The van der Waals surface area contributed by atoms with Gasteiger partial charge in [-0.05, 0) is 0 Å². The van der Waals surface area contributed by atoms with Crippen molar-refractivity contribution in [2.24, 2.45) is 0 Å². The van der Waals surface area contributed by atoms with Gasteiger partial charge in [0.25, 0.3) is 0 Å². The van der Waals surface area contributed by atoms with E-state index < -0.39 is 22.8 Å². The van der Waals surface area contributed by atoms with Crippen molar-refractivity contribution in [3.05, 3.63) is 60.7 Å². The molecule has 0 bridgehead atoms. The van der Waals surface area contributed by atoms with Gasteiger partial charge in [0.2, 0.25) is 0 Å². The third-order valence-corrected chi connectivity index (χ3v) is 39.9. The summed E-state index contributed by atoms with van der Waals surface area (Å²) in [6, 6.07) is 22.4. The second kappa shape index (κ2) is 6.99. The minimum atomic E-state index is -1.79. The third-order valence-electron chi connectivity index (χ3n) is 5.53. The summed E-state index contributed by atoms with van der Waals surface area (Å²) in [5.74, 6) is 0. The highest BCUT2D eigenvalue weighted by Crippen LogP contribution is 2.48. The van der Waals surface area contributed by atoms with E-state index in [1.165, 1.54) is 0 Å². The van der Waals surface area contributed by atoms with Crippen LogP contribution in [0.25, 0.3) is 0 Å². The molecule has 0 amide bonds. The van der Waals surface area contributed by atoms with E-state index in [9.17, 15) is 0 Å². The zero-order valence-electron chi connectivity index (χ0n) is 15.5. The molecule has 0 aliphatic carbocycles. The molecule has 2 aromatic rings. The van der Waals surface area contributed by atoms with Crippen molar-refractivity contribution in [1.82, 2.24) is 0 Å². The van der Waals surface area contributed by atoms with Crippen molar-refractivity contribution in [2.75, 3.05) is 0 Å². The second-order valence-corrected chi connectivity index (χ2v) is 31.8. The normalized spacial score (nSPS) is 13.8. The van der Waals surface area contributed by atoms with Crippen LogP contribution in [0, 0.1) is 0 Å². The van der Waals surface area contributed by atoms with Crippen molar-refractivity contribution < 1.29 is 0 Å². The van der Waals surface area contributed by atoms with Crippen LogP contribution in [0.15, 0.2) is 60.7 Å². The molecule has 0 spiro atoms. The van der Waals surface area contributed by atoms with E-state index >= 15 is 0 Å². The quantitative estimate of drug-likeness (QED) is 0.286. The standard InChI is InChI=1S/C19H28Br2Si3/c1-22(2,17-13-9-7-10-14-17)19(20,24(5,6)21)23(3,4)18-15-11-8-12-16-18/h7-16H,1-6H3. The van der Waals surface area contributed by atoms with Gasteiger partial charge in [0.05, 0.1) is 16.1 Å². The average Bonchev–Trinajstić information content (AvgIpc) is 2.54. The molecule has 0 heterocycles. The summed E-state index contributed by atoms with van der Waals surface area (Å²) in [4.78, 5) is 0. The van der Waals surface area contributed by atoms with Gasteiger partial charge in [-0.25, -0.2) is 0 Å². The van der Waals surface area contributed by atoms with Crippen molar-refractivity contribution >= 4 is 64.4 Å². The van der Waals surface area contributed by atoms with Gasteiger partial charge >= 0.3 is 0 Å². The fraction of sp³-hybridized carbons (Fsp3) is 0.368. The first-order chi connectivity index (χ1) is 11.0. The zero-order valence-corrected chi connectivity index (χ0v) is 21.7. The Balaban J connectivity index is 2.73. The molecule has 0 atom stereocenters. The van der Waals surface area contributed by atoms with Crippen LogP contribution < -0.4 is 10.4 Å². The summed E-state index contributed by atoms with van der Waals surface area (Å²) in [5, 5.41) is 3.08. The molecule has 0 saturated heterocycles. The van der Waals surface area contributed by atoms with Crippen molar-refractivity contribution in [3.63, 3.8) is 0 Å². The maximum Gasteiger partial charge on any atom is 0.136 e. The summed E-state index contributed by atoms with van der Waals surface area (Å²) >= 11 is 8.69. The van der Waals surface area contributed by atoms with Crippen LogP contribution in [0.1, 0.15) is 0 Å². The van der Waals surface area contributed by atoms with Gasteiger partial charge in [-0.15, -0.1) is 15.3 Å². The predicted molar refractivity (Wildman–Crippen MR) is 125 cm³/mol. The Bertz CT molecular complexity index is 625. The number of hydrogen-bond acceptors (Lipinski definition) is 0. The Hall–Kier alpha value is 0.0506. The Morgan fingerprint density at radius 1 is 0.625 bits per heavy atom. The lowest BCUT2D eigenvalue weighted by Crippen LogP contribution is -2.81. The number of rotatable bonds is 5. The van der Waals surface area contributed by atoms with E-state index in [0.717, 1.165) is 0 Å². The fourth-order valence-electron chi connectivity index (χ4n) is 4.37. The molecule has 0 aromatic heterocycles. The lowest BCUT2D eigenvalue weighted by atomic mass is 10.4. The highest BCUT2D eigenvalue weighted by Gasteiger charge is 2.64. The minimum Gasteiger partial charge on any atom is -0.126 e. The molecule has 0 aliphatic heterocycles. The highest BCUT2D eigenvalue weighted by atomic mass is 79.9. The molecule has 0 radical (unpaired) electrons. The summed E-state index contributed by atoms with van der Waals surface area (Å²) in [6.07, 6.45) is 0. The van der Waals surface area contributed by atoms with E-state index in [-0.39, 0.29) is 3.19 Å². The van der Waals surface area contributed by atoms with Crippen LogP contribution in [-0.2, 0) is 0 Å². The molecular weight excluding hydrogens is 472 g/mol. The molecule has 130 valence electrons. The molecule has 0 aliphatic rings. The fourth-order valence-corrected chi connectivity index (χ4v) is 37.4. The lowest BCUT2D eigenvalue weighted by Gasteiger charge is -2.56. The third kappa shape index (κ3) is 3.22. The molecule has 5 heteroatoms. The molecular formula is C19H28Br2Si3. The van der Waals surface area contributed by atoms with Gasteiger partial charge in [0.1, 0.15) is 6.69 Å². The minimum absolute atomic E-state index is 0.183. The van der Waals surface area contributed by atoms with E-state index in [1.54, 1.807) is 10.4 Å². The Labute approximate surface area is 166 Å². The second-order valence-electron chi connectivity index (χ2n) is 8.11. The molecule has 2 aromatic carbocycles. The van der Waals surface area contributed by atoms with E-state index in [0.29, 0.717) is 0 Å². The molecule has 0 N–H and O–H groups in total. The first-order valence-corrected chi connectivity index (χ1v) is 20.5. The Morgan fingerprint density at radius 3 is 1.17 bits per heavy atom. The van der Waals surface area contributed by atoms with Gasteiger partial charge in [-0.1, -0.05) is 126 Å². The number of alkyl halides is 1. The zero-order chi connectivity index (χ0) is 18.2. The molecule has 0 saturated carbocycles. The summed E-state index contributed by atoms with van der Waals surface area (Å²) in [7, 11) is -3.59. The van der Waals surface area contributed by atoms with E-state index in [4.69, 9.17) is 0 Å². The SMILES string of the molecule is C[Si](C)(Br)C(Br)([Si](C)(C)c1ccccc1)[Si](C)(C)c1ccccc1. The summed E-state index contributed by atoms with van der Waals surface area (Å²) in [5.41, 5.74) is 0. The Morgan fingerprint density at radius 2 is 0.917 bits per heavy atom. The van der Waals surface area contributed by atoms with Gasteiger partial charge in [-0.2, -0.15) is 0 Å². The van der Waals surface area contributed by atoms with Gasteiger partial charge in [-0.3, -0.25) is 0 Å². The topological polar surface area (TPSA) is 0 Å². The van der Waals surface area contributed by atoms with Crippen LogP contribution in [0.4, 0.5) is 0 Å².